The van der Waals surface area contributed by atoms with E-state index in [1.54, 1.807) is 14.2 Å². The third kappa shape index (κ3) is 5.49. The highest BCUT2D eigenvalue weighted by Gasteiger charge is 2.41. The molecule has 0 heterocycles. The van der Waals surface area contributed by atoms with Crippen LogP contribution in [0, 0.1) is 0 Å². The Bertz CT molecular complexity index is 278. The summed E-state index contributed by atoms with van der Waals surface area (Å²) in [6, 6.07) is 0.859. The van der Waals surface area contributed by atoms with E-state index in [-0.39, 0.29) is 12.1 Å². The second-order valence-electron chi connectivity index (χ2n) is 6.30. The quantitative estimate of drug-likeness (QED) is 0.602. The minimum atomic E-state index is -0.0984. The Labute approximate surface area is 130 Å². The number of nitrogens with zero attached hydrogens (tertiary/aromatic N) is 1. The van der Waals surface area contributed by atoms with Crippen LogP contribution in [0.15, 0.2) is 0 Å². The number of ether oxygens (including phenoxy) is 2. The Morgan fingerprint density at radius 2 is 2.14 bits per heavy atom. The molecule has 1 rings (SSSR count). The molecule has 3 unspecified atom stereocenters. The summed E-state index contributed by atoms with van der Waals surface area (Å²) in [4.78, 5) is 2.48. The lowest BCUT2D eigenvalue weighted by Gasteiger charge is -2.36. The second-order valence-corrected chi connectivity index (χ2v) is 6.30. The molecule has 0 aromatic carbocycles. The van der Waals surface area contributed by atoms with E-state index in [0.717, 1.165) is 52.0 Å². The van der Waals surface area contributed by atoms with Crippen LogP contribution in [0.3, 0.4) is 0 Å². The molecule has 0 aromatic heterocycles. The lowest BCUT2D eigenvalue weighted by atomic mass is 9.98. The molecule has 0 amide bonds. The van der Waals surface area contributed by atoms with Gasteiger partial charge in [-0.2, -0.15) is 0 Å². The average molecular weight is 302 g/mol. The molecule has 21 heavy (non-hydrogen) atoms. The first-order valence-electron chi connectivity index (χ1n) is 8.22. The number of nitrogens with one attached hydrogen (secondary N) is 1. The van der Waals surface area contributed by atoms with Gasteiger partial charge in [-0.05, 0) is 39.2 Å². The fourth-order valence-electron chi connectivity index (χ4n) is 3.43. The van der Waals surface area contributed by atoms with Crippen molar-refractivity contribution in [1.82, 2.24) is 10.2 Å². The van der Waals surface area contributed by atoms with Crippen LogP contribution in [-0.2, 0) is 9.47 Å². The van der Waals surface area contributed by atoms with Gasteiger partial charge in [0.05, 0.1) is 19.8 Å². The third-order valence-electron chi connectivity index (χ3n) is 4.63. The minimum Gasteiger partial charge on any atom is -0.394 e. The molecule has 1 aliphatic carbocycles. The van der Waals surface area contributed by atoms with Gasteiger partial charge in [0, 0.05) is 38.4 Å². The number of aliphatic hydroxyl groups excluding tert-OH is 1. The molecule has 126 valence electrons. The highest BCUT2D eigenvalue weighted by molar-refractivity contribution is 5.00. The van der Waals surface area contributed by atoms with Gasteiger partial charge in [0.2, 0.25) is 0 Å². The smallest absolute Gasteiger partial charge is 0.0615 e. The normalized spacial score (nSPS) is 27.4. The van der Waals surface area contributed by atoms with Gasteiger partial charge in [0.15, 0.2) is 0 Å². The van der Waals surface area contributed by atoms with E-state index in [2.05, 4.69) is 24.1 Å². The molecule has 0 spiro atoms. The van der Waals surface area contributed by atoms with Crippen molar-refractivity contribution in [1.29, 1.82) is 0 Å². The zero-order chi connectivity index (χ0) is 15.7. The van der Waals surface area contributed by atoms with E-state index >= 15 is 0 Å². The first-order chi connectivity index (χ1) is 10.1. The second kappa shape index (κ2) is 9.74. The Balaban J connectivity index is 2.66. The number of aliphatic hydroxyl groups is 1. The first kappa shape index (κ1) is 18.8. The van der Waals surface area contributed by atoms with Crippen LogP contribution in [-0.4, -0.2) is 74.8 Å². The molecule has 3 atom stereocenters. The van der Waals surface area contributed by atoms with Crippen LogP contribution in [0.5, 0.6) is 0 Å². The summed E-state index contributed by atoms with van der Waals surface area (Å²) in [5.74, 6) is 0. The molecule has 0 bridgehead atoms. The number of hydrogen-bond acceptors (Lipinski definition) is 5. The topological polar surface area (TPSA) is 54.0 Å². The molecule has 2 N–H and O–H groups in total. The summed E-state index contributed by atoms with van der Waals surface area (Å²) < 4.78 is 10.6. The van der Waals surface area contributed by atoms with Crippen molar-refractivity contribution in [3.63, 3.8) is 0 Å². The standard InChI is InChI=1S/C16H34N2O3/c1-5-8-17-16(13-19)7-6-15(11-16)18(9-10-20-3)14(2)12-21-4/h14-15,17,19H,5-13H2,1-4H3. The predicted molar refractivity (Wildman–Crippen MR) is 85.7 cm³/mol. The third-order valence-corrected chi connectivity index (χ3v) is 4.63. The van der Waals surface area contributed by atoms with Crippen molar-refractivity contribution < 1.29 is 14.6 Å². The van der Waals surface area contributed by atoms with Crippen molar-refractivity contribution >= 4 is 0 Å². The minimum absolute atomic E-state index is 0.0984. The highest BCUT2D eigenvalue weighted by atomic mass is 16.5. The summed E-state index contributed by atoms with van der Waals surface area (Å²) in [7, 11) is 3.50. The van der Waals surface area contributed by atoms with Gasteiger partial charge in [0.25, 0.3) is 0 Å². The van der Waals surface area contributed by atoms with Gasteiger partial charge < -0.3 is 19.9 Å². The maximum absolute atomic E-state index is 9.83. The van der Waals surface area contributed by atoms with Crippen LogP contribution in [0.4, 0.5) is 0 Å². The molecular weight excluding hydrogens is 268 g/mol. The Morgan fingerprint density at radius 1 is 1.38 bits per heavy atom. The largest absolute Gasteiger partial charge is 0.394 e. The van der Waals surface area contributed by atoms with E-state index in [4.69, 9.17) is 9.47 Å². The predicted octanol–water partition coefficient (Wildman–Crippen LogP) is 1.25. The molecule has 0 aromatic rings. The van der Waals surface area contributed by atoms with Gasteiger partial charge in [-0.25, -0.2) is 0 Å². The monoisotopic (exact) mass is 302 g/mol. The maximum Gasteiger partial charge on any atom is 0.0615 e. The molecule has 1 aliphatic rings. The van der Waals surface area contributed by atoms with E-state index in [0.29, 0.717) is 12.1 Å². The van der Waals surface area contributed by atoms with Gasteiger partial charge in [-0.3, -0.25) is 4.90 Å². The van der Waals surface area contributed by atoms with Gasteiger partial charge in [0.1, 0.15) is 0 Å². The van der Waals surface area contributed by atoms with E-state index < -0.39 is 0 Å². The van der Waals surface area contributed by atoms with Crippen LogP contribution in [0.25, 0.3) is 0 Å². The number of methoxy groups -OCH3 is 2. The number of hydrogen-bond donors (Lipinski definition) is 2. The summed E-state index contributed by atoms with van der Waals surface area (Å²) >= 11 is 0. The summed E-state index contributed by atoms with van der Waals surface area (Å²) in [6.07, 6.45) is 4.26. The van der Waals surface area contributed by atoms with Gasteiger partial charge in [-0.15, -0.1) is 0 Å². The maximum atomic E-state index is 9.83. The molecular formula is C16H34N2O3. The van der Waals surface area contributed by atoms with Crippen LogP contribution in [0.2, 0.25) is 0 Å². The van der Waals surface area contributed by atoms with Crippen molar-refractivity contribution in [2.24, 2.45) is 0 Å². The lowest BCUT2D eigenvalue weighted by Crippen LogP contribution is -2.50. The first-order valence-corrected chi connectivity index (χ1v) is 8.22. The van der Waals surface area contributed by atoms with Crippen molar-refractivity contribution in [2.45, 2.75) is 57.2 Å². The van der Waals surface area contributed by atoms with Crippen LogP contribution < -0.4 is 5.32 Å². The molecule has 0 saturated heterocycles. The Hall–Kier alpha value is -0.200. The fraction of sp³-hybridized carbons (Fsp3) is 1.00. The molecule has 1 saturated carbocycles. The molecule has 1 fully saturated rings. The SMILES string of the molecule is CCCNC1(CO)CCC(N(CCOC)C(C)COC)C1. The Kier molecular flexibility index (Phi) is 8.74. The Morgan fingerprint density at radius 3 is 2.71 bits per heavy atom. The zero-order valence-corrected chi connectivity index (χ0v) is 14.2. The van der Waals surface area contributed by atoms with E-state index in [1.165, 1.54) is 0 Å². The summed E-state index contributed by atoms with van der Waals surface area (Å²) in [5, 5.41) is 13.4. The van der Waals surface area contributed by atoms with Crippen LogP contribution in [0.1, 0.15) is 39.5 Å². The lowest BCUT2D eigenvalue weighted by molar-refractivity contribution is 0.0439. The van der Waals surface area contributed by atoms with Crippen molar-refractivity contribution in [3.05, 3.63) is 0 Å². The van der Waals surface area contributed by atoms with Crippen LogP contribution >= 0.6 is 0 Å². The molecule has 5 heteroatoms. The summed E-state index contributed by atoms with van der Waals surface area (Å²) in [5.41, 5.74) is -0.0984. The van der Waals surface area contributed by atoms with Crippen molar-refractivity contribution in [2.75, 3.05) is 47.1 Å². The highest BCUT2D eigenvalue weighted by Crippen LogP contribution is 2.33. The van der Waals surface area contributed by atoms with Gasteiger partial charge >= 0.3 is 0 Å². The fourth-order valence-corrected chi connectivity index (χ4v) is 3.43. The van der Waals surface area contributed by atoms with Gasteiger partial charge in [-0.1, -0.05) is 6.92 Å². The van der Waals surface area contributed by atoms with E-state index in [9.17, 15) is 5.11 Å². The molecule has 5 nitrogen and oxygen atoms in total. The molecule has 0 radical (unpaired) electrons. The van der Waals surface area contributed by atoms with Crippen molar-refractivity contribution in [3.8, 4) is 0 Å². The number of rotatable bonds is 11. The average Bonchev–Trinajstić information content (AvgIpc) is 2.91. The van der Waals surface area contributed by atoms with E-state index in [1.807, 2.05) is 0 Å². The zero-order valence-electron chi connectivity index (χ0n) is 14.2. The summed E-state index contributed by atoms with van der Waals surface area (Å²) in [6.45, 7) is 7.95. The molecule has 0 aliphatic heterocycles.